The minimum Gasteiger partial charge on any atom is -0.259 e. The first-order chi connectivity index (χ1) is 8.36. The zero-order chi connectivity index (χ0) is 11.7. The lowest BCUT2D eigenvalue weighted by Gasteiger charge is -2.22. The summed E-state index contributed by atoms with van der Waals surface area (Å²) in [5, 5.41) is 2.63. The van der Waals surface area contributed by atoms with Gasteiger partial charge in [0.2, 0.25) is 0 Å². The second kappa shape index (κ2) is 4.92. The van der Waals surface area contributed by atoms with Crippen LogP contribution in [-0.4, -0.2) is 4.98 Å². The van der Waals surface area contributed by atoms with Crippen LogP contribution in [0, 0.1) is 3.57 Å². The molecule has 2 heteroatoms. The highest BCUT2D eigenvalue weighted by molar-refractivity contribution is 14.1. The highest BCUT2D eigenvalue weighted by Gasteiger charge is 2.20. The third kappa shape index (κ3) is 2.19. The van der Waals surface area contributed by atoms with Gasteiger partial charge in [-0.25, -0.2) is 0 Å². The quantitative estimate of drug-likeness (QED) is 0.676. The predicted octanol–water partition coefficient (Wildman–Crippen LogP) is 4.89. The Labute approximate surface area is 116 Å². The molecule has 17 heavy (non-hydrogen) atoms. The molecule has 1 heterocycles. The maximum atomic E-state index is 4.72. The SMILES string of the molecule is Ic1c(C2CCCCC2)ncc2ccccc12. The average Bonchev–Trinajstić information content (AvgIpc) is 2.40. The van der Waals surface area contributed by atoms with Crippen molar-refractivity contribution in [1.82, 2.24) is 4.98 Å². The van der Waals surface area contributed by atoms with Gasteiger partial charge in [0.25, 0.3) is 0 Å². The molecule has 0 bridgehead atoms. The maximum Gasteiger partial charge on any atom is 0.0574 e. The summed E-state index contributed by atoms with van der Waals surface area (Å²) in [6.45, 7) is 0. The number of hydrogen-bond donors (Lipinski definition) is 0. The largest absolute Gasteiger partial charge is 0.259 e. The number of aromatic nitrogens is 1. The second-order valence-corrected chi connectivity index (χ2v) is 5.96. The summed E-state index contributed by atoms with van der Waals surface area (Å²) in [5.74, 6) is 0.695. The van der Waals surface area contributed by atoms with Crippen molar-refractivity contribution < 1.29 is 0 Å². The van der Waals surface area contributed by atoms with E-state index in [9.17, 15) is 0 Å². The zero-order valence-corrected chi connectivity index (χ0v) is 12.0. The fourth-order valence-electron chi connectivity index (χ4n) is 2.80. The fourth-order valence-corrected chi connectivity index (χ4v) is 3.87. The van der Waals surface area contributed by atoms with Crippen LogP contribution in [0.5, 0.6) is 0 Å². The van der Waals surface area contributed by atoms with Crippen molar-refractivity contribution in [3.05, 3.63) is 39.7 Å². The van der Waals surface area contributed by atoms with Crippen LogP contribution in [0.15, 0.2) is 30.5 Å². The van der Waals surface area contributed by atoms with E-state index >= 15 is 0 Å². The van der Waals surface area contributed by atoms with Gasteiger partial charge in [0.1, 0.15) is 0 Å². The molecule has 1 aliphatic carbocycles. The first-order valence-corrected chi connectivity index (χ1v) is 7.47. The minimum atomic E-state index is 0.695. The molecule has 0 aliphatic heterocycles. The number of halogens is 1. The molecular formula is C15H16IN. The Morgan fingerprint density at radius 3 is 2.65 bits per heavy atom. The van der Waals surface area contributed by atoms with E-state index in [-0.39, 0.29) is 0 Å². The molecule has 0 radical (unpaired) electrons. The van der Waals surface area contributed by atoms with Crippen molar-refractivity contribution in [2.75, 3.05) is 0 Å². The Balaban J connectivity index is 2.07. The van der Waals surface area contributed by atoms with Crippen LogP contribution < -0.4 is 0 Å². The number of nitrogens with zero attached hydrogens (tertiary/aromatic N) is 1. The summed E-state index contributed by atoms with van der Waals surface area (Å²) in [4.78, 5) is 4.72. The zero-order valence-electron chi connectivity index (χ0n) is 9.82. The van der Waals surface area contributed by atoms with Gasteiger partial charge in [0.05, 0.1) is 5.69 Å². The molecule has 0 atom stereocenters. The fraction of sp³-hybridized carbons (Fsp3) is 0.400. The molecule has 1 nitrogen and oxygen atoms in total. The first kappa shape index (κ1) is 11.5. The monoisotopic (exact) mass is 337 g/mol. The van der Waals surface area contributed by atoms with Crippen molar-refractivity contribution in [3.63, 3.8) is 0 Å². The molecule has 88 valence electrons. The van der Waals surface area contributed by atoms with Gasteiger partial charge in [-0.05, 0) is 40.8 Å². The van der Waals surface area contributed by atoms with E-state index in [0.717, 1.165) is 0 Å². The van der Waals surface area contributed by atoms with Gasteiger partial charge in [0, 0.05) is 21.1 Å². The number of benzene rings is 1. The minimum absolute atomic E-state index is 0.695. The Morgan fingerprint density at radius 2 is 1.82 bits per heavy atom. The third-order valence-corrected chi connectivity index (χ3v) is 4.89. The molecule has 0 spiro atoms. The van der Waals surface area contributed by atoms with Crippen molar-refractivity contribution >= 4 is 33.4 Å². The maximum absolute atomic E-state index is 4.72. The van der Waals surface area contributed by atoms with Gasteiger partial charge in [-0.3, -0.25) is 4.98 Å². The molecule has 0 unspecified atom stereocenters. The van der Waals surface area contributed by atoms with Gasteiger partial charge in [-0.2, -0.15) is 0 Å². The summed E-state index contributed by atoms with van der Waals surface area (Å²) in [6, 6.07) is 8.57. The lowest BCUT2D eigenvalue weighted by atomic mass is 9.86. The Kier molecular flexibility index (Phi) is 3.32. The summed E-state index contributed by atoms with van der Waals surface area (Å²) in [6.07, 6.45) is 8.83. The third-order valence-electron chi connectivity index (χ3n) is 3.76. The number of rotatable bonds is 1. The summed E-state index contributed by atoms with van der Waals surface area (Å²) >= 11 is 2.48. The molecule has 2 aromatic rings. The molecule has 1 aliphatic rings. The van der Waals surface area contributed by atoms with Crippen LogP contribution in [0.1, 0.15) is 43.7 Å². The molecule has 0 amide bonds. The van der Waals surface area contributed by atoms with Crippen LogP contribution in [0.3, 0.4) is 0 Å². The lowest BCUT2D eigenvalue weighted by Crippen LogP contribution is -2.08. The summed E-state index contributed by atoms with van der Waals surface area (Å²) in [7, 11) is 0. The smallest absolute Gasteiger partial charge is 0.0574 e. The van der Waals surface area contributed by atoms with E-state index in [0.29, 0.717) is 5.92 Å². The summed E-state index contributed by atoms with van der Waals surface area (Å²) in [5.41, 5.74) is 1.34. The van der Waals surface area contributed by atoms with Crippen LogP contribution in [0.4, 0.5) is 0 Å². The van der Waals surface area contributed by atoms with E-state index in [4.69, 9.17) is 4.98 Å². The molecular weight excluding hydrogens is 321 g/mol. The Hall–Kier alpha value is -0.640. The highest BCUT2D eigenvalue weighted by atomic mass is 127. The van der Waals surface area contributed by atoms with E-state index in [2.05, 4.69) is 46.9 Å². The van der Waals surface area contributed by atoms with Gasteiger partial charge in [-0.15, -0.1) is 0 Å². The normalized spacial score (nSPS) is 17.5. The van der Waals surface area contributed by atoms with E-state index in [1.54, 1.807) is 0 Å². The molecule has 1 saturated carbocycles. The average molecular weight is 337 g/mol. The second-order valence-electron chi connectivity index (χ2n) is 4.88. The molecule has 3 rings (SSSR count). The standard InChI is InChI=1S/C15H16IN/c16-14-13-9-5-4-8-12(13)10-17-15(14)11-6-2-1-3-7-11/h4-5,8-11H,1-3,6-7H2. The van der Waals surface area contributed by atoms with Crippen molar-refractivity contribution in [1.29, 1.82) is 0 Å². The number of pyridine rings is 1. The van der Waals surface area contributed by atoms with Gasteiger partial charge >= 0.3 is 0 Å². The number of hydrogen-bond acceptors (Lipinski definition) is 1. The highest BCUT2D eigenvalue weighted by Crippen LogP contribution is 2.35. The Morgan fingerprint density at radius 1 is 1.06 bits per heavy atom. The van der Waals surface area contributed by atoms with Gasteiger partial charge in [0.15, 0.2) is 0 Å². The van der Waals surface area contributed by atoms with Gasteiger partial charge in [-0.1, -0.05) is 43.5 Å². The predicted molar refractivity (Wildman–Crippen MR) is 80.3 cm³/mol. The summed E-state index contributed by atoms with van der Waals surface area (Å²) < 4.78 is 1.37. The van der Waals surface area contributed by atoms with Crippen LogP contribution >= 0.6 is 22.6 Å². The van der Waals surface area contributed by atoms with E-state index in [1.165, 1.54) is 52.1 Å². The van der Waals surface area contributed by atoms with Crippen molar-refractivity contribution in [3.8, 4) is 0 Å². The van der Waals surface area contributed by atoms with Crippen molar-refractivity contribution in [2.45, 2.75) is 38.0 Å². The van der Waals surface area contributed by atoms with Gasteiger partial charge < -0.3 is 0 Å². The molecule has 0 N–H and O–H groups in total. The van der Waals surface area contributed by atoms with Crippen LogP contribution in [0.25, 0.3) is 10.8 Å². The van der Waals surface area contributed by atoms with Crippen LogP contribution in [-0.2, 0) is 0 Å². The topological polar surface area (TPSA) is 12.9 Å². The first-order valence-electron chi connectivity index (χ1n) is 6.39. The lowest BCUT2D eigenvalue weighted by molar-refractivity contribution is 0.436. The van der Waals surface area contributed by atoms with E-state index in [1.807, 2.05) is 6.20 Å². The molecule has 1 aromatic heterocycles. The van der Waals surface area contributed by atoms with Crippen LogP contribution in [0.2, 0.25) is 0 Å². The van der Waals surface area contributed by atoms with E-state index < -0.39 is 0 Å². The Bertz CT molecular complexity index is 529. The van der Waals surface area contributed by atoms with Crippen molar-refractivity contribution in [2.24, 2.45) is 0 Å². The molecule has 1 fully saturated rings. The molecule has 1 aromatic carbocycles. The molecule has 0 saturated heterocycles. The number of fused-ring (bicyclic) bond motifs is 1.